The molecule has 0 aromatic heterocycles. The fraction of sp³-hybridized carbons (Fsp3) is 0.600. The Balaban J connectivity index is 2.30. The van der Waals surface area contributed by atoms with Crippen LogP contribution in [0.15, 0.2) is 29.2 Å². The first-order valence-electron chi connectivity index (χ1n) is 7.41. The maximum atomic E-state index is 12.0. The van der Waals surface area contributed by atoms with E-state index in [1.807, 2.05) is 31.2 Å². The van der Waals surface area contributed by atoms with E-state index in [1.165, 1.54) is 11.8 Å². The van der Waals surface area contributed by atoms with E-state index in [4.69, 9.17) is 5.73 Å². The minimum atomic E-state index is -3.19. The first-order chi connectivity index (χ1) is 9.93. The topological polar surface area (TPSA) is 72.2 Å². The minimum absolute atomic E-state index is 0.0167. The van der Waals surface area contributed by atoms with Gasteiger partial charge in [-0.25, -0.2) is 13.1 Å². The highest BCUT2D eigenvalue weighted by Crippen LogP contribution is 2.19. The van der Waals surface area contributed by atoms with Crippen LogP contribution in [0.2, 0.25) is 0 Å². The Morgan fingerprint density at radius 3 is 2.52 bits per heavy atom. The van der Waals surface area contributed by atoms with Crippen molar-refractivity contribution in [3.8, 4) is 0 Å². The number of thioether (sulfide) groups is 1. The summed E-state index contributed by atoms with van der Waals surface area (Å²) in [7, 11) is -3.19. The zero-order valence-corrected chi connectivity index (χ0v) is 14.5. The Labute approximate surface area is 132 Å². The van der Waals surface area contributed by atoms with Crippen LogP contribution in [0.4, 0.5) is 5.69 Å². The van der Waals surface area contributed by atoms with Gasteiger partial charge in [0.2, 0.25) is 10.0 Å². The number of nitrogens with two attached hydrogens (primary N) is 1. The van der Waals surface area contributed by atoms with Crippen molar-refractivity contribution in [1.82, 2.24) is 4.72 Å². The average molecular weight is 331 g/mol. The number of unbranched alkanes of at least 4 members (excludes halogenated alkanes) is 2. The second-order valence-electron chi connectivity index (χ2n) is 5.25. The van der Waals surface area contributed by atoms with Crippen molar-refractivity contribution in [1.29, 1.82) is 0 Å². The number of rotatable bonds is 10. The third-order valence-corrected chi connectivity index (χ3v) is 5.90. The second kappa shape index (κ2) is 9.33. The summed E-state index contributed by atoms with van der Waals surface area (Å²) in [6, 6.07) is 7.49. The number of nitrogens with one attached hydrogen (secondary N) is 1. The third kappa shape index (κ3) is 8.34. The molecule has 0 amide bonds. The monoisotopic (exact) mass is 330 g/mol. The normalized spacial score (nSPS) is 13.2. The van der Waals surface area contributed by atoms with E-state index in [0.717, 1.165) is 36.3 Å². The number of benzene rings is 1. The molecule has 0 aliphatic rings. The molecule has 0 bridgehead atoms. The lowest BCUT2D eigenvalue weighted by Gasteiger charge is -2.13. The summed E-state index contributed by atoms with van der Waals surface area (Å²) in [4.78, 5) is 1.04. The summed E-state index contributed by atoms with van der Waals surface area (Å²) < 4.78 is 26.7. The van der Waals surface area contributed by atoms with Crippen molar-refractivity contribution in [2.24, 2.45) is 0 Å². The first-order valence-corrected chi connectivity index (χ1v) is 10.0. The number of sulfonamides is 1. The molecule has 1 rings (SSSR count). The summed E-state index contributed by atoms with van der Waals surface area (Å²) in [5.41, 5.74) is 6.33. The Kier molecular flexibility index (Phi) is 8.14. The van der Waals surface area contributed by atoms with Crippen LogP contribution in [0.5, 0.6) is 0 Å². The molecule has 0 spiro atoms. The molecule has 120 valence electrons. The van der Waals surface area contributed by atoms with E-state index < -0.39 is 10.0 Å². The number of hydrogen-bond donors (Lipinski definition) is 2. The van der Waals surface area contributed by atoms with E-state index >= 15 is 0 Å². The minimum Gasteiger partial charge on any atom is -0.399 e. The molecule has 0 aliphatic carbocycles. The van der Waals surface area contributed by atoms with Crippen molar-refractivity contribution in [3.05, 3.63) is 24.3 Å². The smallest absolute Gasteiger partial charge is 0.212 e. The van der Waals surface area contributed by atoms with E-state index in [1.54, 1.807) is 0 Å². The molecule has 0 heterocycles. The lowest BCUT2D eigenvalue weighted by molar-refractivity contribution is 0.528. The largest absolute Gasteiger partial charge is 0.399 e. The highest BCUT2D eigenvalue weighted by molar-refractivity contribution is 8.00. The van der Waals surface area contributed by atoms with E-state index in [9.17, 15) is 8.42 Å². The summed E-state index contributed by atoms with van der Waals surface area (Å²) in [6.45, 7) is 4.07. The van der Waals surface area contributed by atoms with Crippen molar-refractivity contribution < 1.29 is 8.42 Å². The molecular weight excluding hydrogens is 304 g/mol. The summed E-state index contributed by atoms with van der Waals surface area (Å²) in [5.74, 6) is 0.682. The van der Waals surface area contributed by atoms with E-state index in [-0.39, 0.29) is 11.8 Å². The van der Waals surface area contributed by atoms with Gasteiger partial charge in [0.1, 0.15) is 0 Å². The van der Waals surface area contributed by atoms with Crippen LogP contribution in [0.3, 0.4) is 0 Å². The molecular formula is C15H26N2O2S2. The van der Waals surface area contributed by atoms with Crippen molar-refractivity contribution in [2.45, 2.75) is 50.5 Å². The predicted molar refractivity (Wildman–Crippen MR) is 92.1 cm³/mol. The fourth-order valence-electron chi connectivity index (χ4n) is 1.96. The SMILES string of the molecule is CCCCCC(C)NS(=O)(=O)CCSc1ccc(N)cc1. The van der Waals surface area contributed by atoms with Gasteiger partial charge in [-0.2, -0.15) is 0 Å². The van der Waals surface area contributed by atoms with Crippen LogP contribution >= 0.6 is 11.8 Å². The van der Waals surface area contributed by atoms with Gasteiger partial charge in [0.15, 0.2) is 0 Å². The van der Waals surface area contributed by atoms with Crippen molar-refractivity contribution in [3.63, 3.8) is 0 Å². The van der Waals surface area contributed by atoms with Crippen LogP contribution in [0, 0.1) is 0 Å². The number of anilines is 1. The van der Waals surface area contributed by atoms with Gasteiger partial charge in [0.25, 0.3) is 0 Å². The standard InChI is InChI=1S/C15H26N2O2S2/c1-3-4-5-6-13(2)17-21(18,19)12-11-20-15-9-7-14(16)8-10-15/h7-10,13,17H,3-6,11-12,16H2,1-2H3. The highest BCUT2D eigenvalue weighted by atomic mass is 32.2. The highest BCUT2D eigenvalue weighted by Gasteiger charge is 2.14. The molecule has 1 unspecified atom stereocenters. The molecule has 1 aromatic rings. The van der Waals surface area contributed by atoms with Crippen LogP contribution in [0.1, 0.15) is 39.5 Å². The lowest BCUT2D eigenvalue weighted by Crippen LogP contribution is -2.34. The van der Waals surface area contributed by atoms with Crippen molar-refractivity contribution >= 4 is 27.5 Å². The van der Waals surface area contributed by atoms with Crippen LogP contribution in [-0.4, -0.2) is 26.0 Å². The van der Waals surface area contributed by atoms with Gasteiger partial charge in [-0.3, -0.25) is 0 Å². The van der Waals surface area contributed by atoms with Gasteiger partial charge < -0.3 is 5.73 Å². The van der Waals surface area contributed by atoms with Crippen LogP contribution < -0.4 is 10.5 Å². The Hall–Kier alpha value is -0.720. The summed E-state index contributed by atoms with van der Waals surface area (Å²) in [5, 5.41) is 0. The molecule has 0 fully saturated rings. The fourth-order valence-corrected chi connectivity index (χ4v) is 4.58. The molecule has 0 radical (unpaired) electrons. The van der Waals surface area contributed by atoms with E-state index in [0.29, 0.717) is 5.75 Å². The van der Waals surface area contributed by atoms with Crippen molar-refractivity contribution in [2.75, 3.05) is 17.2 Å². The molecule has 1 aromatic carbocycles. The van der Waals surface area contributed by atoms with Gasteiger partial charge >= 0.3 is 0 Å². The van der Waals surface area contributed by atoms with E-state index in [2.05, 4.69) is 11.6 Å². The number of nitrogen functional groups attached to an aromatic ring is 1. The Bertz CT molecular complexity index is 501. The molecule has 0 aliphatic heterocycles. The van der Waals surface area contributed by atoms with Gasteiger partial charge in [-0.05, 0) is 37.6 Å². The second-order valence-corrected chi connectivity index (χ2v) is 8.29. The lowest BCUT2D eigenvalue weighted by atomic mass is 10.1. The maximum Gasteiger partial charge on any atom is 0.212 e. The zero-order valence-electron chi connectivity index (χ0n) is 12.8. The molecule has 3 N–H and O–H groups in total. The molecule has 4 nitrogen and oxygen atoms in total. The van der Waals surface area contributed by atoms with Gasteiger partial charge in [0.05, 0.1) is 5.75 Å². The third-order valence-electron chi connectivity index (χ3n) is 3.12. The maximum absolute atomic E-state index is 12.0. The Morgan fingerprint density at radius 1 is 1.24 bits per heavy atom. The predicted octanol–water partition coefficient (Wildman–Crippen LogP) is 3.25. The summed E-state index contributed by atoms with van der Waals surface area (Å²) in [6.07, 6.45) is 4.27. The van der Waals surface area contributed by atoms with Crippen LogP contribution in [-0.2, 0) is 10.0 Å². The van der Waals surface area contributed by atoms with Gasteiger partial charge in [0, 0.05) is 22.4 Å². The number of hydrogen-bond acceptors (Lipinski definition) is 4. The molecule has 21 heavy (non-hydrogen) atoms. The van der Waals surface area contributed by atoms with Gasteiger partial charge in [-0.1, -0.05) is 26.2 Å². The first kappa shape index (κ1) is 18.3. The average Bonchev–Trinajstić information content (AvgIpc) is 2.40. The van der Waals surface area contributed by atoms with Crippen LogP contribution in [0.25, 0.3) is 0 Å². The van der Waals surface area contributed by atoms with Gasteiger partial charge in [-0.15, -0.1) is 11.8 Å². The molecule has 1 atom stereocenters. The zero-order chi connectivity index (χ0) is 15.7. The Morgan fingerprint density at radius 2 is 1.90 bits per heavy atom. The quantitative estimate of drug-likeness (QED) is 0.392. The molecule has 0 saturated carbocycles. The molecule has 0 saturated heterocycles. The molecule has 6 heteroatoms. The summed E-state index contributed by atoms with van der Waals surface area (Å²) >= 11 is 1.53.